The van der Waals surface area contributed by atoms with Gasteiger partial charge in [-0.1, -0.05) is 47.2 Å². The minimum absolute atomic E-state index is 0.0557. The van der Waals surface area contributed by atoms with Gasteiger partial charge >= 0.3 is 0 Å². The third-order valence-electron chi connectivity index (χ3n) is 3.65. The Morgan fingerprint density at radius 3 is 2.72 bits per heavy atom. The molecule has 3 aromatic rings. The topological polar surface area (TPSA) is 101 Å². The summed E-state index contributed by atoms with van der Waals surface area (Å²) in [4.78, 5) is 11.8. The summed E-state index contributed by atoms with van der Waals surface area (Å²) in [7, 11) is -4.13. The monoisotopic (exact) mass is 452 g/mol. The predicted molar refractivity (Wildman–Crippen MR) is 110 cm³/mol. The highest BCUT2D eigenvalue weighted by Crippen LogP contribution is 2.31. The molecular weight excluding hydrogens is 439 g/mol. The van der Waals surface area contributed by atoms with Crippen LogP contribution in [0.5, 0.6) is 0 Å². The molecule has 1 amide bonds. The van der Waals surface area contributed by atoms with Crippen molar-refractivity contribution < 1.29 is 17.6 Å². The van der Waals surface area contributed by atoms with Crippen LogP contribution in [0.15, 0.2) is 60.0 Å². The zero-order valence-electron chi connectivity index (χ0n) is 14.7. The Labute approximate surface area is 175 Å². The van der Waals surface area contributed by atoms with Crippen LogP contribution in [0.4, 0.5) is 9.52 Å². The first kappa shape index (κ1) is 21.1. The number of nitrogens with zero attached hydrogens (tertiary/aromatic N) is 2. The standard InChI is InChI=1S/C18H14ClFN4O3S2/c1-2-9-21-29(26,27)15-10-11(7-8-14(15)20)16(25)22-18-24-23-17(28-18)12-5-3-4-6-13(12)19/h2-8,10,21H,1,9H2,(H,22,24,25). The van der Waals surface area contributed by atoms with Gasteiger partial charge in [0.2, 0.25) is 15.2 Å². The molecule has 3 rings (SSSR count). The first-order valence-electron chi connectivity index (χ1n) is 8.11. The van der Waals surface area contributed by atoms with E-state index in [0.29, 0.717) is 15.6 Å². The summed E-state index contributed by atoms with van der Waals surface area (Å²) >= 11 is 7.22. The summed E-state index contributed by atoms with van der Waals surface area (Å²) in [5.41, 5.74) is 0.607. The number of amides is 1. The van der Waals surface area contributed by atoms with E-state index in [1.54, 1.807) is 24.3 Å². The molecule has 1 heterocycles. The van der Waals surface area contributed by atoms with E-state index in [1.165, 1.54) is 12.1 Å². The maximum Gasteiger partial charge on any atom is 0.257 e. The van der Waals surface area contributed by atoms with Gasteiger partial charge in [-0.3, -0.25) is 10.1 Å². The third kappa shape index (κ3) is 4.85. The van der Waals surface area contributed by atoms with Crippen LogP contribution in [0.1, 0.15) is 10.4 Å². The number of halogens is 2. The van der Waals surface area contributed by atoms with Gasteiger partial charge < -0.3 is 0 Å². The molecule has 0 unspecified atom stereocenters. The molecule has 0 aliphatic carbocycles. The molecule has 29 heavy (non-hydrogen) atoms. The van der Waals surface area contributed by atoms with Crippen LogP contribution in [0.3, 0.4) is 0 Å². The second-order valence-corrected chi connectivity index (χ2v) is 8.75. The third-order valence-corrected chi connectivity index (χ3v) is 6.29. The highest BCUT2D eigenvalue weighted by molar-refractivity contribution is 7.89. The Hall–Kier alpha value is -2.66. The number of hydrogen-bond donors (Lipinski definition) is 2. The predicted octanol–water partition coefficient (Wildman–Crippen LogP) is 3.71. The maximum absolute atomic E-state index is 14.0. The maximum atomic E-state index is 14.0. The van der Waals surface area contributed by atoms with E-state index in [0.717, 1.165) is 23.5 Å². The fraction of sp³-hybridized carbons (Fsp3) is 0.0556. The molecule has 0 saturated carbocycles. The Bertz CT molecular complexity index is 1180. The molecule has 0 saturated heterocycles. The van der Waals surface area contributed by atoms with Crippen LogP contribution in [0.25, 0.3) is 10.6 Å². The fourth-order valence-corrected chi connectivity index (χ4v) is 4.44. The SMILES string of the molecule is C=CCNS(=O)(=O)c1cc(C(=O)Nc2nnc(-c3ccccc3Cl)s2)ccc1F. The Balaban J connectivity index is 1.83. The highest BCUT2D eigenvalue weighted by atomic mass is 35.5. The van der Waals surface area contributed by atoms with E-state index in [-0.39, 0.29) is 17.2 Å². The lowest BCUT2D eigenvalue weighted by molar-refractivity contribution is 0.102. The molecule has 7 nitrogen and oxygen atoms in total. The van der Waals surface area contributed by atoms with E-state index in [1.807, 2.05) is 0 Å². The van der Waals surface area contributed by atoms with Crippen LogP contribution >= 0.6 is 22.9 Å². The summed E-state index contributed by atoms with van der Waals surface area (Å²) in [5.74, 6) is -1.64. The second-order valence-electron chi connectivity index (χ2n) is 5.63. The van der Waals surface area contributed by atoms with Crippen LogP contribution in [-0.4, -0.2) is 31.1 Å². The van der Waals surface area contributed by atoms with Crippen molar-refractivity contribution in [2.24, 2.45) is 0 Å². The molecule has 2 N–H and O–H groups in total. The molecule has 0 fully saturated rings. The minimum Gasteiger partial charge on any atom is -0.296 e. The molecule has 0 atom stereocenters. The quantitative estimate of drug-likeness (QED) is 0.532. The van der Waals surface area contributed by atoms with Gasteiger partial charge in [-0.05, 0) is 24.3 Å². The molecule has 0 aliphatic rings. The van der Waals surface area contributed by atoms with Crippen LogP contribution in [0.2, 0.25) is 5.02 Å². The smallest absolute Gasteiger partial charge is 0.257 e. The van der Waals surface area contributed by atoms with Crippen molar-refractivity contribution >= 4 is 44.0 Å². The van der Waals surface area contributed by atoms with Gasteiger partial charge in [-0.15, -0.1) is 16.8 Å². The van der Waals surface area contributed by atoms with Crippen molar-refractivity contribution in [2.75, 3.05) is 11.9 Å². The van der Waals surface area contributed by atoms with E-state index < -0.39 is 26.6 Å². The van der Waals surface area contributed by atoms with Crippen LogP contribution in [-0.2, 0) is 10.0 Å². The largest absolute Gasteiger partial charge is 0.296 e. The molecule has 0 aliphatic heterocycles. The van der Waals surface area contributed by atoms with Gasteiger partial charge in [0.15, 0.2) is 5.01 Å². The van der Waals surface area contributed by atoms with Crippen molar-refractivity contribution in [1.82, 2.24) is 14.9 Å². The van der Waals surface area contributed by atoms with Gasteiger partial charge in [0.1, 0.15) is 10.7 Å². The van der Waals surface area contributed by atoms with E-state index in [9.17, 15) is 17.6 Å². The highest BCUT2D eigenvalue weighted by Gasteiger charge is 2.21. The Morgan fingerprint density at radius 2 is 2.00 bits per heavy atom. The van der Waals surface area contributed by atoms with Crippen molar-refractivity contribution in [3.05, 3.63) is 71.5 Å². The summed E-state index contributed by atoms with van der Waals surface area (Å²) in [5, 5.41) is 11.6. The van der Waals surface area contributed by atoms with Crippen molar-refractivity contribution in [1.29, 1.82) is 0 Å². The number of sulfonamides is 1. The summed E-state index contributed by atoms with van der Waals surface area (Å²) < 4.78 is 40.5. The van der Waals surface area contributed by atoms with Gasteiger partial charge in [0.05, 0.1) is 5.02 Å². The second kappa shape index (κ2) is 8.78. The Morgan fingerprint density at radius 1 is 1.24 bits per heavy atom. The molecule has 150 valence electrons. The van der Waals surface area contributed by atoms with E-state index in [4.69, 9.17) is 11.6 Å². The Kier molecular flexibility index (Phi) is 6.38. The number of hydrogen-bond acceptors (Lipinski definition) is 6. The number of rotatable bonds is 7. The molecule has 1 aromatic heterocycles. The lowest BCUT2D eigenvalue weighted by atomic mass is 10.2. The number of carbonyl (C=O) groups is 1. The van der Waals surface area contributed by atoms with Crippen LogP contribution < -0.4 is 10.0 Å². The van der Waals surface area contributed by atoms with Gasteiger partial charge in [0, 0.05) is 17.7 Å². The number of anilines is 1. The lowest BCUT2D eigenvalue weighted by Gasteiger charge is -2.08. The zero-order chi connectivity index (χ0) is 21.0. The lowest BCUT2D eigenvalue weighted by Crippen LogP contribution is -2.25. The van der Waals surface area contributed by atoms with E-state index >= 15 is 0 Å². The van der Waals surface area contributed by atoms with Gasteiger partial charge in [-0.25, -0.2) is 17.5 Å². The molecule has 0 radical (unpaired) electrons. The summed E-state index contributed by atoms with van der Waals surface area (Å²) in [6.07, 6.45) is 1.32. The van der Waals surface area contributed by atoms with E-state index in [2.05, 4.69) is 26.8 Å². The molecule has 2 aromatic carbocycles. The van der Waals surface area contributed by atoms with Gasteiger partial charge in [0.25, 0.3) is 5.91 Å². The van der Waals surface area contributed by atoms with Crippen molar-refractivity contribution in [2.45, 2.75) is 4.90 Å². The number of carbonyl (C=O) groups excluding carboxylic acids is 1. The number of benzene rings is 2. The fourth-order valence-electron chi connectivity index (χ4n) is 2.28. The van der Waals surface area contributed by atoms with Crippen molar-refractivity contribution in [3.8, 4) is 10.6 Å². The van der Waals surface area contributed by atoms with Crippen LogP contribution in [0, 0.1) is 5.82 Å². The molecule has 11 heteroatoms. The normalized spacial score (nSPS) is 11.2. The average Bonchev–Trinajstić information content (AvgIpc) is 3.15. The molecular formula is C18H14ClFN4O3S2. The first-order chi connectivity index (χ1) is 13.8. The van der Waals surface area contributed by atoms with Gasteiger partial charge in [-0.2, -0.15) is 0 Å². The minimum atomic E-state index is -4.13. The average molecular weight is 453 g/mol. The summed E-state index contributed by atoms with van der Waals surface area (Å²) in [6, 6.07) is 10.1. The zero-order valence-corrected chi connectivity index (χ0v) is 17.1. The first-order valence-corrected chi connectivity index (χ1v) is 10.8. The molecule has 0 bridgehead atoms. The number of aromatic nitrogens is 2. The molecule has 0 spiro atoms. The van der Waals surface area contributed by atoms with Crippen molar-refractivity contribution in [3.63, 3.8) is 0 Å². The number of nitrogens with one attached hydrogen (secondary N) is 2. The summed E-state index contributed by atoms with van der Waals surface area (Å²) in [6.45, 7) is 3.32.